The summed E-state index contributed by atoms with van der Waals surface area (Å²) >= 11 is 1.63. The number of nitriles is 1. The van der Waals surface area contributed by atoms with Crippen molar-refractivity contribution >= 4 is 23.4 Å². The highest BCUT2D eigenvalue weighted by Crippen LogP contribution is 2.19. The molecule has 0 bridgehead atoms. The van der Waals surface area contributed by atoms with Gasteiger partial charge in [0.25, 0.3) is 5.91 Å². The van der Waals surface area contributed by atoms with Crippen LogP contribution in [0.2, 0.25) is 0 Å². The van der Waals surface area contributed by atoms with Crippen molar-refractivity contribution in [3.63, 3.8) is 0 Å². The molecule has 20 heavy (non-hydrogen) atoms. The van der Waals surface area contributed by atoms with Crippen molar-refractivity contribution in [2.24, 2.45) is 0 Å². The Morgan fingerprint density at radius 2 is 2.00 bits per heavy atom. The minimum Gasteiger partial charge on any atom is -0.322 e. The van der Waals surface area contributed by atoms with Crippen molar-refractivity contribution in [1.29, 1.82) is 5.26 Å². The number of nitrogens with one attached hydrogen (secondary N) is 1. The number of amides is 1. The number of carbonyl (C=O) groups is 1. The maximum absolute atomic E-state index is 12.1. The molecule has 0 spiro atoms. The van der Waals surface area contributed by atoms with Gasteiger partial charge in [-0.1, -0.05) is 18.2 Å². The number of anilines is 1. The number of nitrogens with zero attached hydrogens (tertiary/aromatic N) is 1. The van der Waals surface area contributed by atoms with Gasteiger partial charge in [-0.15, -0.1) is 11.8 Å². The van der Waals surface area contributed by atoms with Crippen molar-refractivity contribution in [1.82, 2.24) is 0 Å². The Bertz CT molecular complexity index is 644. The summed E-state index contributed by atoms with van der Waals surface area (Å²) in [6, 6.07) is 16.9. The molecule has 0 fully saturated rings. The van der Waals surface area contributed by atoms with Crippen LogP contribution in [0.5, 0.6) is 0 Å². The van der Waals surface area contributed by atoms with E-state index in [2.05, 4.69) is 11.4 Å². The van der Waals surface area contributed by atoms with E-state index in [4.69, 9.17) is 5.26 Å². The highest BCUT2D eigenvalue weighted by Gasteiger charge is 2.06. The molecule has 0 aromatic heterocycles. The average Bonchev–Trinajstić information content (AvgIpc) is 2.48. The average molecular weight is 282 g/mol. The minimum absolute atomic E-state index is 0.147. The van der Waals surface area contributed by atoms with Crippen LogP contribution in [0.25, 0.3) is 0 Å². The molecule has 3 nitrogen and oxygen atoms in total. The standard InChI is InChI=1S/C16H14N2OS/c1-20-15-4-2-3-14(11-15)18-16(19)13-7-5-12(6-8-13)9-10-17/h2-8,11H,9H2,1H3,(H,18,19). The van der Waals surface area contributed by atoms with Crippen LogP contribution in [0.3, 0.4) is 0 Å². The first kappa shape index (κ1) is 14.2. The summed E-state index contributed by atoms with van der Waals surface area (Å²) in [5.41, 5.74) is 2.28. The maximum atomic E-state index is 12.1. The number of hydrogen-bond acceptors (Lipinski definition) is 3. The minimum atomic E-state index is -0.147. The quantitative estimate of drug-likeness (QED) is 0.869. The number of thioether (sulfide) groups is 1. The van der Waals surface area contributed by atoms with Gasteiger partial charge in [0, 0.05) is 16.1 Å². The van der Waals surface area contributed by atoms with Gasteiger partial charge >= 0.3 is 0 Å². The largest absolute Gasteiger partial charge is 0.322 e. The Hall–Kier alpha value is -2.25. The Labute approximate surface area is 122 Å². The fourth-order valence-electron chi connectivity index (χ4n) is 1.77. The molecule has 100 valence electrons. The molecule has 2 aromatic carbocycles. The third-order valence-electron chi connectivity index (χ3n) is 2.83. The molecule has 1 amide bonds. The van der Waals surface area contributed by atoms with Gasteiger partial charge in [0.1, 0.15) is 0 Å². The van der Waals surface area contributed by atoms with Crippen LogP contribution in [0.4, 0.5) is 5.69 Å². The van der Waals surface area contributed by atoms with Gasteiger partial charge in [-0.25, -0.2) is 0 Å². The van der Waals surface area contributed by atoms with Gasteiger partial charge < -0.3 is 5.32 Å². The zero-order valence-corrected chi connectivity index (χ0v) is 11.9. The molecule has 2 aromatic rings. The smallest absolute Gasteiger partial charge is 0.255 e. The SMILES string of the molecule is CSc1cccc(NC(=O)c2ccc(CC#N)cc2)c1. The molecule has 0 saturated carbocycles. The Morgan fingerprint density at radius 1 is 1.25 bits per heavy atom. The van der Waals surface area contributed by atoms with Gasteiger partial charge in [0.05, 0.1) is 12.5 Å². The monoisotopic (exact) mass is 282 g/mol. The van der Waals surface area contributed by atoms with E-state index in [0.29, 0.717) is 12.0 Å². The van der Waals surface area contributed by atoms with Crippen LogP contribution in [0.15, 0.2) is 53.4 Å². The molecule has 1 N–H and O–H groups in total. The summed E-state index contributed by atoms with van der Waals surface area (Å²) in [4.78, 5) is 13.2. The summed E-state index contributed by atoms with van der Waals surface area (Å²) in [5.74, 6) is -0.147. The lowest BCUT2D eigenvalue weighted by Crippen LogP contribution is -2.11. The number of carbonyl (C=O) groups excluding carboxylic acids is 1. The van der Waals surface area contributed by atoms with Crippen LogP contribution in [0, 0.1) is 11.3 Å². The fourth-order valence-corrected chi connectivity index (χ4v) is 2.23. The second kappa shape index (κ2) is 6.78. The van der Waals surface area contributed by atoms with Crippen molar-refractivity contribution in [3.8, 4) is 6.07 Å². The molecule has 2 rings (SSSR count). The van der Waals surface area contributed by atoms with E-state index in [1.807, 2.05) is 30.5 Å². The molecular weight excluding hydrogens is 268 g/mol. The van der Waals surface area contributed by atoms with E-state index in [1.54, 1.807) is 36.0 Å². The van der Waals surface area contributed by atoms with Gasteiger partial charge in [-0.2, -0.15) is 5.26 Å². The first-order valence-corrected chi connectivity index (χ1v) is 7.36. The summed E-state index contributed by atoms with van der Waals surface area (Å²) in [5, 5.41) is 11.5. The highest BCUT2D eigenvalue weighted by atomic mass is 32.2. The van der Waals surface area contributed by atoms with Crippen molar-refractivity contribution < 1.29 is 4.79 Å². The zero-order valence-electron chi connectivity index (χ0n) is 11.1. The molecule has 0 saturated heterocycles. The van der Waals surface area contributed by atoms with E-state index in [9.17, 15) is 4.79 Å². The maximum Gasteiger partial charge on any atom is 0.255 e. The van der Waals surface area contributed by atoms with E-state index >= 15 is 0 Å². The first-order valence-electron chi connectivity index (χ1n) is 6.14. The lowest BCUT2D eigenvalue weighted by atomic mass is 10.1. The molecule has 0 aliphatic carbocycles. The first-order chi connectivity index (χ1) is 9.72. The second-order valence-corrected chi connectivity index (χ2v) is 5.10. The topological polar surface area (TPSA) is 52.9 Å². The third-order valence-corrected chi connectivity index (χ3v) is 3.55. The van der Waals surface area contributed by atoms with E-state index in [0.717, 1.165) is 16.1 Å². The number of hydrogen-bond donors (Lipinski definition) is 1. The molecule has 4 heteroatoms. The predicted molar refractivity (Wildman–Crippen MR) is 81.9 cm³/mol. The molecule has 0 atom stereocenters. The number of benzene rings is 2. The van der Waals surface area contributed by atoms with Gasteiger partial charge in [0.15, 0.2) is 0 Å². The van der Waals surface area contributed by atoms with E-state index in [-0.39, 0.29) is 5.91 Å². The normalized spacial score (nSPS) is 9.80. The summed E-state index contributed by atoms with van der Waals surface area (Å²) in [6.45, 7) is 0. The lowest BCUT2D eigenvalue weighted by molar-refractivity contribution is 0.102. The van der Waals surface area contributed by atoms with Crippen LogP contribution in [-0.4, -0.2) is 12.2 Å². The molecule has 0 unspecified atom stereocenters. The Kier molecular flexibility index (Phi) is 4.80. The predicted octanol–water partition coefficient (Wildman–Crippen LogP) is 3.73. The van der Waals surface area contributed by atoms with Crippen molar-refractivity contribution in [3.05, 3.63) is 59.7 Å². The summed E-state index contributed by atoms with van der Waals surface area (Å²) in [7, 11) is 0. The number of rotatable bonds is 4. The van der Waals surface area contributed by atoms with Crippen molar-refractivity contribution in [2.45, 2.75) is 11.3 Å². The van der Waals surface area contributed by atoms with Crippen LogP contribution in [-0.2, 0) is 6.42 Å². The summed E-state index contributed by atoms with van der Waals surface area (Å²) in [6.07, 6.45) is 2.35. The Morgan fingerprint density at radius 3 is 2.65 bits per heavy atom. The molecule has 0 heterocycles. The van der Waals surface area contributed by atoms with Crippen LogP contribution < -0.4 is 5.32 Å². The second-order valence-electron chi connectivity index (χ2n) is 4.22. The third kappa shape index (κ3) is 3.62. The van der Waals surface area contributed by atoms with Crippen molar-refractivity contribution in [2.75, 3.05) is 11.6 Å². The lowest BCUT2D eigenvalue weighted by Gasteiger charge is -2.07. The molecule has 0 aliphatic heterocycles. The highest BCUT2D eigenvalue weighted by molar-refractivity contribution is 7.98. The molecular formula is C16H14N2OS. The van der Waals surface area contributed by atoms with Crippen LogP contribution >= 0.6 is 11.8 Å². The van der Waals surface area contributed by atoms with Gasteiger partial charge in [-0.3, -0.25) is 4.79 Å². The van der Waals surface area contributed by atoms with Gasteiger partial charge in [-0.05, 0) is 42.2 Å². The molecule has 0 radical (unpaired) electrons. The van der Waals surface area contributed by atoms with E-state index < -0.39 is 0 Å². The van der Waals surface area contributed by atoms with E-state index in [1.165, 1.54) is 0 Å². The van der Waals surface area contributed by atoms with Crippen LogP contribution in [0.1, 0.15) is 15.9 Å². The van der Waals surface area contributed by atoms with Gasteiger partial charge in [0.2, 0.25) is 0 Å². The Balaban J connectivity index is 2.09. The zero-order chi connectivity index (χ0) is 14.4. The molecule has 0 aliphatic rings. The summed E-state index contributed by atoms with van der Waals surface area (Å²) < 4.78 is 0. The fraction of sp³-hybridized carbons (Fsp3) is 0.125.